The molecule has 0 unspecified atom stereocenters. The largest absolute Gasteiger partial charge is 0.508 e. The molecule has 1 heteroatoms. The highest BCUT2D eigenvalue weighted by atomic mass is 16.3. The van der Waals surface area contributed by atoms with Gasteiger partial charge in [-0.15, -0.1) is 0 Å². The van der Waals surface area contributed by atoms with Crippen LogP contribution >= 0.6 is 0 Å². The number of unbranched alkanes of at least 4 members (excludes halogenated alkanes) is 5. The molecule has 0 fully saturated rings. The number of phenols is 1. The standard InChI is InChI=1S/C21H36O/c1-5-9-11-12-13-15-20-19(14-10-6-2)18(8-4)17(7-3)16-21(20)22/h16,22H,5-15H2,1-4H3. The monoisotopic (exact) mass is 304 g/mol. The molecule has 0 bridgehead atoms. The van der Waals surface area contributed by atoms with Crippen molar-refractivity contribution in [3.05, 3.63) is 28.3 Å². The van der Waals surface area contributed by atoms with Crippen LogP contribution in [0.15, 0.2) is 6.07 Å². The molecule has 0 spiro atoms. The first-order chi connectivity index (χ1) is 10.7. The van der Waals surface area contributed by atoms with E-state index in [0.717, 1.165) is 25.7 Å². The number of phenolic OH excluding ortho intramolecular Hbond substituents is 1. The van der Waals surface area contributed by atoms with E-state index in [1.54, 1.807) is 0 Å². The summed E-state index contributed by atoms with van der Waals surface area (Å²) in [6, 6.07) is 2.04. The van der Waals surface area contributed by atoms with E-state index in [2.05, 4.69) is 27.7 Å². The van der Waals surface area contributed by atoms with Gasteiger partial charge in [0.05, 0.1) is 0 Å². The lowest BCUT2D eigenvalue weighted by molar-refractivity contribution is 0.463. The molecule has 0 aliphatic carbocycles. The summed E-state index contributed by atoms with van der Waals surface area (Å²) in [4.78, 5) is 0. The van der Waals surface area contributed by atoms with Crippen molar-refractivity contribution in [2.24, 2.45) is 0 Å². The van der Waals surface area contributed by atoms with Crippen molar-refractivity contribution in [1.82, 2.24) is 0 Å². The van der Waals surface area contributed by atoms with Crippen LogP contribution in [0, 0.1) is 0 Å². The molecular weight excluding hydrogens is 268 g/mol. The Bertz CT molecular complexity index is 434. The SMILES string of the molecule is CCCCCCCc1c(O)cc(CC)c(CC)c1CCCC. The van der Waals surface area contributed by atoms with E-state index in [0.29, 0.717) is 5.75 Å². The topological polar surface area (TPSA) is 20.2 Å². The molecule has 0 aliphatic heterocycles. The fraction of sp³-hybridized carbons (Fsp3) is 0.714. The van der Waals surface area contributed by atoms with Gasteiger partial charge in [-0.3, -0.25) is 0 Å². The zero-order chi connectivity index (χ0) is 16.4. The molecule has 0 radical (unpaired) electrons. The molecule has 22 heavy (non-hydrogen) atoms. The second kappa shape index (κ2) is 10.7. The van der Waals surface area contributed by atoms with Crippen molar-refractivity contribution in [1.29, 1.82) is 0 Å². The lowest BCUT2D eigenvalue weighted by atomic mass is 9.87. The summed E-state index contributed by atoms with van der Waals surface area (Å²) in [5.41, 5.74) is 5.58. The molecule has 0 amide bonds. The maximum absolute atomic E-state index is 10.5. The predicted octanol–water partition coefficient (Wildman–Crippen LogP) is 6.37. The molecule has 126 valence electrons. The van der Waals surface area contributed by atoms with Crippen LogP contribution in [0.3, 0.4) is 0 Å². The molecule has 0 aliphatic rings. The third-order valence-corrected chi connectivity index (χ3v) is 4.78. The van der Waals surface area contributed by atoms with Crippen molar-refractivity contribution in [3.63, 3.8) is 0 Å². The van der Waals surface area contributed by atoms with Gasteiger partial charge in [0.1, 0.15) is 5.75 Å². The quantitative estimate of drug-likeness (QED) is 0.471. The number of rotatable bonds is 11. The first-order valence-electron chi connectivity index (χ1n) is 9.54. The summed E-state index contributed by atoms with van der Waals surface area (Å²) < 4.78 is 0. The lowest BCUT2D eigenvalue weighted by Crippen LogP contribution is -2.05. The van der Waals surface area contributed by atoms with Crippen LogP contribution in [0.5, 0.6) is 5.75 Å². The fourth-order valence-corrected chi connectivity index (χ4v) is 3.47. The second-order valence-electron chi connectivity index (χ2n) is 6.47. The van der Waals surface area contributed by atoms with Crippen LogP contribution < -0.4 is 0 Å². The van der Waals surface area contributed by atoms with Crippen molar-refractivity contribution >= 4 is 0 Å². The lowest BCUT2D eigenvalue weighted by Gasteiger charge is -2.19. The van der Waals surface area contributed by atoms with Gasteiger partial charge in [-0.05, 0) is 66.8 Å². The van der Waals surface area contributed by atoms with E-state index < -0.39 is 0 Å². The molecule has 0 saturated heterocycles. The Kier molecular flexibility index (Phi) is 9.27. The van der Waals surface area contributed by atoms with E-state index in [4.69, 9.17) is 0 Å². The Balaban J connectivity index is 2.96. The minimum atomic E-state index is 0.552. The van der Waals surface area contributed by atoms with Crippen LogP contribution in [0.4, 0.5) is 0 Å². The molecule has 0 heterocycles. The van der Waals surface area contributed by atoms with Gasteiger partial charge < -0.3 is 5.11 Å². The minimum absolute atomic E-state index is 0.552. The number of hydrogen-bond acceptors (Lipinski definition) is 1. The van der Waals surface area contributed by atoms with Crippen molar-refractivity contribution in [2.75, 3.05) is 0 Å². The van der Waals surface area contributed by atoms with E-state index in [-0.39, 0.29) is 0 Å². The normalized spacial score (nSPS) is 11.1. The number of aryl methyl sites for hydroxylation is 1. The molecule has 0 atom stereocenters. The molecule has 1 aromatic rings. The average molecular weight is 305 g/mol. The molecule has 0 saturated carbocycles. The zero-order valence-corrected chi connectivity index (χ0v) is 15.3. The highest BCUT2D eigenvalue weighted by Crippen LogP contribution is 2.32. The maximum atomic E-state index is 10.5. The maximum Gasteiger partial charge on any atom is 0.119 e. The van der Waals surface area contributed by atoms with Crippen LogP contribution in [-0.4, -0.2) is 5.11 Å². The fourth-order valence-electron chi connectivity index (χ4n) is 3.47. The third-order valence-electron chi connectivity index (χ3n) is 4.78. The molecular formula is C21H36O. The van der Waals surface area contributed by atoms with E-state index in [1.165, 1.54) is 67.2 Å². The van der Waals surface area contributed by atoms with Crippen molar-refractivity contribution in [2.45, 2.75) is 98.3 Å². The molecule has 0 aromatic heterocycles. The smallest absolute Gasteiger partial charge is 0.119 e. The van der Waals surface area contributed by atoms with E-state index in [1.807, 2.05) is 6.07 Å². The first kappa shape index (κ1) is 19.1. The summed E-state index contributed by atoms with van der Waals surface area (Å²) in [6.45, 7) is 8.96. The zero-order valence-electron chi connectivity index (χ0n) is 15.3. The average Bonchev–Trinajstić information content (AvgIpc) is 2.53. The van der Waals surface area contributed by atoms with Gasteiger partial charge in [0.25, 0.3) is 0 Å². The highest BCUT2D eigenvalue weighted by Gasteiger charge is 2.15. The van der Waals surface area contributed by atoms with Crippen LogP contribution in [0.25, 0.3) is 0 Å². The highest BCUT2D eigenvalue weighted by molar-refractivity contribution is 5.49. The summed E-state index contributed by atoms with van der Waals surface area (Å²) in [7, 11) is 0. The Hall–Kier alpha value is -0.980. The predicted molar refractivity (Wildman–Crippen MR) is 97.9 cm³/mol. The van der Waals surface area contributed by atoms with Gasteiger partial charge >= 0.3 is 0 Å². The molecule has 1 aromatic carbocycles. The van der Waals surface area contributed by atoms with Gasteiger partial charge in [0.2, 0.25) is 0 Å². The third kappa shape index (κ3) is 5.34. The van der Waals surface area contributed by atoms with Crippen molar-refractivity contribution < 1.29 is 5.11 Å². The van der Waals surface area contributed by atoms with Crippen LogP contribution in [-0.2, 0) is 25.7 Å². The van der Waals surface area contributed by atoms with Crippen molar-refractivity contribution in [3.8, 4) is 5.75 Å². The van der Waals surface area contributed by atoms with Gasteiger partial charge in [-0.2, -0.15) is 0 Å². The summed E-state index contributed by atoms with van der Waals surface area (Å²) in [5, 5.41) is 10.5. The molecule has 1 N–H and O–H groups in total. The number of aromatic hydroxyl groups is 1. The van der Waals surface area contributed by atoms with Crippen LogP contribution in [0.2, 0.25) is 0 Å². The number of hydrogen-bond donors (Lipinski definition) is 1. The Morgan fingerprint density at radius 3 is 1.91 bits per heavy atom. The van der Waals surface area contributed by atoms with E-state index in [9.17, 15) is 5.11 Å². The van der Waals surface area contributed by atoms with Gasteiger partial charge in [-0.1, -0.05) is 59.8 Å². The number of benzene rings is 1. The van der Waals surface area contributed by atoms with Gasteiger partial charge in [0, 0.05) is 0 Å². The van der Waals surface area contributed by atoms with Gasteiger partial charge in [0.15, 0.2) is 0 Å². The second-order valence-corrected chi connectivity index (χ2v) is 6.47. The summed E-state index contributed by atoms with van der Waals surface area (Å²) >= 11 is 0. The minimum Gasteiger partial charge on any atom is -0.508 e. The Morgan fingerprint density at radius 1 is 0.682 bits per heavy atom. The van der Waals surface area contributed by atoms with Gasteiger partial charge in [-0.25, -0.2) is 0 Å². The molecule has 1 nitrogen and oxygen atoms in total. The Morgan fingerprint density at radius 2 is 1.32 bits per heavy atom. The Labute approximate surface area is 138 Å². The molecule has 1 rings (SSSR count). The van der Waals surface area contributed by atoms with E-state index >= 15 is 0 Å². The first-order valence-corrected chi connectivity index (χ1v) is 9.54. The van der Waals surface area contributed by atoms with Crippen LogP contribution in [0.1, 0.15) is 94.9 Å². The summed E-state index contributed by atoms with van der Waals surface area (Å²) in [6.07, 6.45) is 13.2. The summed E-state index contributed by atoms with van der Waals surface area (Å²) in [5.74, 6) is 0.552.